The second-order valence-corrected chi connectivity index (χ2v) is 6.71. The first-order valence-electron chi connectivity index (χ1n) is 7.86. The largest absolute Gasteiger partial charge is 0.494 e. The van der Waals surface area contributed by atoms with E-state index in [1.165, 1.54) is 18.4 Å². The highest BCUT2D eigenvalue weighted by molar-refractivity contribution is 5.29. The van der Waals surface area contributed by atoms with Crippen molar-refractivity contribution in [3.63, 3.8) is 0 Å². The van der Waals surface area contributed by atoms with Gasteiger partial charge in [-0.05, 0) is 49.4 Å². The summed E-state index contributed by atoms with van der Waals surface area (Å²) in [6, 6.07) is 8.98. The van der Waals surface area contributed by atoms with E-state index in [2.05, 4.69) is 57.3 Å². The maximum absolute atomic E-state index is 5.71. The van der Waals surface area contributed by atoms with E-state index in [1.807, 2.05) is 7.05 Å². The molecule has 2 heteroatoms. The van der Waals surface area contributed by atoms with Crippen LogP contribution in [0.15, 0.2) is 24.3 Å². The van der Waals surface area contributed by atoms with Crippen LogP contribution in [0.25, 0.3) is 0 Å². The lowest BCUT2D eigenvalue weighted by molar-refractivity contribution is 0.309. The molecule has 1 aromatic carbocycles. The van der Waals surface area contributed by atoms with Gasteiger partial charge in [0.2, 0.25) is 0 Å². The smallest absolute Gasteiger partial charge is 0.119 e. The normalized spacial score (nSPS) is 13.2. The fourth-order valence-electron chi connectivity index (χ4n) is 2.19. The first kappa shape index (κ1) is 17.0. The highest BCUT2D eigenvalue weighted by Gasteiger charge is 2.15. The number of benzene rings is 1. The lowest BCUT2D eigenvalue weighted by atomic mass is 9.87. The van der Waals surface area contributed by atoms with Crippen molar-refractivity contribution in [3.05, 3.63) is 29.8 Å². The van der Waals surface area contributed by atoms with E-state index in [0.717, 1.165) is 25.2 Å². The first-order valence-corrected chi connectivity index (χ1v) is 7.86. The van der Waals surface area contributed by atoms with E-state index in [1.54, 1.807) is 0 Å². The SMILES string of the molecule is CCCCOc1ccc(C(CCC(C)(C)C)NC)cc1. The van der Waals surface area contributed by atoms with Crippen LogP contribution >= 0.6 is 0 Å². The zero-order chi connectivity index (χ0) is 15.0. The minimum absolute atomic E-state index is 0.387. The van der Waals surface area contributed by atoms with E-state index in [0.29, 0.717) is 11.5 Å². The number of nitrogens with one attached hydrogen (secondary N) is 1. The Bertz CT molecular complexity index is 364. The zero-order valence-corrected chi connectivity index (χ0v) is 13.8. The molecule has 0 saturated carbocycles. The molecule has 0 aromatic heterocycles. The van der Waals surface area contributed by atoms with Crippen LogP contribution in [0.1, 0.15) is 65.0 Å². The van der Waals surface area contributed by atoms with Gasteiger partial charge in [0.05, 0.1) is 6.61 Å². The van der Waals surface area contributed by atoms with E-state index in [4.69, 9.17) is 4.74 Å². The molecule has 114 valence electrons. The van der Waals surface area contributed by atoms with Gasteiger partial charge in [-0.1, -0.05) is 46.2 Å². The summed E-state index contributed by atoms with van der Waals surface area (Å²) < 4.78 is 5.71. The predicted octanol–water partition coefficient (Wildman–Crippen LogP) is 4.95. The summed E-state index contributed by atoms with van der Waals surface area (Å²) in [5.41, 5.74) is 1.73. The number of ether oxygens (including phenoxy) is 1. The van der Waals surface area contributed by atoms with Gasteiger partial charge in [-0.2, -0.15) is 0 Å². The number of rotatable bonds is 8. The third-order valence-electron chi connectivity index (χ3n) is 3.58. The van der Waals surface area contributed by atoms with Crippen molar-refractivity contribution in [2.75, 3.05) is 13.7 Å². The van der Waals surface area contributed by atoms with Crippen LogP contribution < -0.4 is 10.1 Å². The molecule has 0 radical (unpaired) electrons. The van der Waals surface area contributed by atoms with Gasteiger partial charge in [-0.15, -0.1) is 0 Å². The molecule has 2 nitrogen and oxygen atoms in total. The summed E-state index contributed by atoms with van der Waals surface area (Å²) in [4.78, 5) is 0. The highest BCUT2D eigenvalue weighted by Crippen LogP contribution is 2.28. The Labute approximate surface area is 124 Å². The van der Waals surface area contributed by atoms with Crippen LogP contribution in [-0.4, -0.2) is 13.7 Å². The van der Waals surface area contributed by atoms with Gasteiger partial charge in [-0.25, -0.2) is 0 Å². The van der Waals surface area contributed by atoms with E-state index < -0.39 is 0 Å². The van der Waals surface area contributed by atoms with Gasteiger partial charge in [0, 0.05) is 6.04 Å². The quantitative estimate of drug-likeness (QED) is 0.679. The summed E-state index contributed by atoms with van der Waals surface area (Å²) in [5.74, 6) is 0.980. The van der Waals surface area contributed by atoms with Crippen molar-refractivity contribution in [1.82, 2.24) is 5.32 Å². The lowest BCUT2D eigenvalue weighted by Gasteiger charge is -2.23. The van der Waals surface area contributed by atoms with E-state index in [9.17, 15) is 0 Å². The summed E-state index contributed by atoms with van der Waals surface area (Å²) in [7, 11) is 2.04. The molecule has 0 heterocycles. The third kappa shape index (κ3) is 6.42. The van der Waals surface area contributed by atoms with Crippen molar-refractivity contribution in [2.24, 2.45) is 5.41 Å². The Balaban J connectivity index is 2.55. The van der Waals surface area contributed by atoms with Crippen LogP contribution in [0.5, 0.6) is 5.75 Å². The molecule has 1 aromatic rings. The van der Waals surface area contributed by atoms with Crippen LogP contribution in [0.2, 0.25) is 0 Å². The van der Waals surface area contributed by atoms with E-state index >= 15 is 0 Å². The zero-order valence-electron chi connectivity index (χ0n) is 13.8. The van der Waals surface area contributed by atoms with Crippen LogP contribution in [0.3, 0.4) is 0 Å². The maximum atomic E-state index is 5.71. The topological polar surface area (TPSA) is 21.3 Å². The summed E-state index contributed by atoms with van der Waals surface area (Å²) >= 11 is 0. The van der Waals surface area contributed by atoms with Crippen molar-refractivity contribution in [2.45, 2.75) is 59.4 Å². The predicted molar refractivity (Wildman–Crippen MR) is 87.3 cm³/mol. The van der Waals surface area contributed by atoms with Gasteiger partial charge in [0.1, 0.15) is 5.75 Å². The molecule has 1 N–H and O–H groups in total. The molecular weight excluding hydrogens is 246 g/mol. The maximum Gasteiger partial charge on any atom is 0.119 e. The molecule has 1 unspecified atom stereocenters. The van der Waals surface area contributed by atoms with Crippen molar-refractivity contribution in [1.29, 1.82) is 0 Å². The Kier molecular flexibility index (Phi) is 7.08. The van der Waals surface area contributed by atoms with Crippen molar-refractivity contribution in [3.8, 4) is 5.75 Å². The fourth-order valence-corrected chi connectivity index (χ4v) is 2.19. The van der Waals surface area contributed by atoms with Gasteiger partial charge in [0.15, 0.2) is 0 Å². The van der Waals surface area contributed by atoms with Gasteiger partial charge >= 0.3 is 0 Å². The fraction of sp³-hybridized carbons (Fsp3) is 0.667. The third-order valence-corrected chi connectivity index (χ3v) is 3.58. The molecule has 0 saturated heterocycles. The van der Waals surface area contributed by atoms with Gasteiger partial charge in [-0.3, -0.25) is 0 Å². The molecule has 0 aliphatic carbocycles. The van der Waals surface area contributed by atoms with E-state index in [-0.39, 0.29) is 0 Å². The van der Waals surface area contributed by atoms with Crippen molar-refractivity contribution >= 4 is 0 Å². The lowest BCUT2D eigenvalue weighted by Crippen LogP contribution is -2.18. The summed E-state index contributed by atoms with van der Waals surface area (Å²) in [5, 5.41) is 3.42. The Morgan fingerprint density at radius 3 is 2.30 bits per heavy atom. The summed E-state index contributed by atoms with van der Waals surface area (Å²) in [6.45, 7) is 9.88. The summed E-state index contributed by atoms with van der Waals surface area (Å²) in [6.07, 6.45) is 4.67. The average Bonchev–Trinajstić information content (AvgIpc) is 2.40. The average molecular weight is 277 g/mol. The Hall–Kier alpha value is -1.02. The molecule has 0 aliphatic rings. The molecule has 20 heavy (non-hydrogen) atoms. The van der Waals surface area contributed by atoms with Gasteiger partial charge < -0.3 is 10.1 Å². The Morgan fingerprint density at radius 2 is 1.80 bits per heavy atom. The monoisotopic (exact) mass is 277 g/mol. The molecule has 0 amide bonds. The van der Waals surface area contributed by atoms with Crippen molar-refractivity contribution < 1.29 is 4.74 Å². The molecular formula is C18H31NO. The molecule has 1 rings (SSSR count). The number of unbranched alkanes of at least 4 members (excludes halogenated alkanes) is 1. The second kappa shape index (κ2) is 8.31. The van der Waals surface area contributed by atoms with Crippen LogP contribution in [0.4, 0.5) is 0 Å². The molecule has 0 fully saturated rings. The number of hydrogen-bond acceptors (Lipinski definition) is 2. The second-order valence-electron chi connectivity index (χ2n) is 6.71. The van der Waals surface area contributed by atoms with Gasteiger partial charge in [0.25, 0.3) is 0 Å². The molecule has 0 bridgehead atoms. The minimum atomic E-state index is 0.387. The first-order chi connectivity index (χ1) is 9.46. The molecule has 0 spiro atoms. The van der Waals surface area contributed by atoms with Crippen LogP contribution in [0, 0.1) is 5.41 Å². The number of hydrogen-bond donors (Lipinski definition) is 1. The molecule has 0 aliphatic heterocycles. The minimum Gasteiger partial charge on any atom is -0.494 e. The highest BCUT2D eigenvalue weighted by atomic mass is 16.5. The standard InChI is InChI=1S/C18H31NO/c1-6-7-14-20-16-10-8-15(9-11-16)17(19-5)12-13-18(2,3)4/h8-11,17,19H,6-7,12-14H2,1-5H3. The molecule has 1 atom stereocenters. The Morgan fingerprint density at radius 1 is 1.15 bits per heavy atom. The van der Waals surface area contributed by atoms with Crippen LogP contribution in [-0.2, 0) is 0 Å².